The van der Waals surface area contributed by atoms with Crippen molar-refractivity contribution < 1.29 is 9.53 Å². The average molecular weight is 398 g/mol. The lowest BCUT2D eigenvalue weighted by atomic mass is 10.2. The molecule has 21 heavy (non-hydrogen) atoms. The maximum Gasteiger partial charge on any atom is 0.265 e. The number of aromatic nitrogens is 3. The number of nitrogens with zero attached hydrogens (tertiary/aromatic N) is 4. The van der Waals surface area contributed by atoms with Crippen LogP contribution in [-0.2, 0) is 11.3 Å². The standard InChI is InChI=1S/C14H15IN4O2/c1-9(2)19-13(16-8-17-19)6-18-11-5-10(15)3-4-12(11)21-7-14(18)20/h3-5,8-9H,6-7H2,1-2H3. The summed E-state index contributed by atoms with van der Waals surface area (Å²) in [6.07, 6.45) is 1.52. The van der Waals surface area contributed by atoms with E-state index in [0.29, 0.717) is 6.54 Å². The minimum atomic E-state index is -0.0668. The molecule has 3 rings (SSSR count). The molecule has 0 saturated carbocycles. The summed E-state index contributed by atoms with van der Waals surface area (Å²) in [7, 11) is 0. The zero-order chi connectivity index (χ0) is 15.0. The first-order valence-electron chi connectivity index (χ1n) is 6.67. The maximum atomic E-state index is 12.2. The summed E-state index contributed by atoms with van der Waals surface area (Å²) in [5.74, 6) is 1.43. The summed E-state index contributed by atoms with van der Waals surface area (Å²) >= 11 is 2.22. The molecule has 2 heterocycles. The number of hydrogen-bond donors (Lipinski definition) is 0. The van der Waals surface area contributed by atoms with Crippen LogP contribution in [0.2, 0.25) is 0 Å². The fourth-order valence-corrected chi connectivity index (χ4v) is 2.78. The normalized spacial score (nSPS) is 14.3. The molecule has 1 aromatic carbocycles. The minimum absolute atomic E-state index is 0.0589. The van der Waals surface area contributed by atoms with E-state index in [-0.39, 0.29) is 18.6 Å². The van der Waals surface area contributed by atoms with Crippen molar-refractivity contribution >= 4 is 34.2 Å². The third kappa shape index (κ3) is 2.74. The van der Waals surface area contributed by atoms with Gasteiger partial charge in [-0.05, 0) is 54.6 Å². The Bertz CT molecular complexity index is 683. The van der Waals surface area contributed by atoms with E-state index >= 15 is 0 Å². The predicted molar refractivity (Wildman–Crippen MR) is 86.3 cm³/mol. The number of benzene rings is 1. The highest BCUT2D eigenvalue weighted by Gasteiger charge is 2.27. The molecule has 0 atom stereocenters. The van der Waals surface area contributed by atoms with Crippen LogP contribution in [0.5, 0.6) is 5.75 Å². The van der Waals surface area contributed by atoms with Crippen molar-refractivity contribution in [3.8, 4) is 5.75 Å². The van der Waals surface area contributed by atoms with Gasteiger partial charge in [-0.1, -0.05) is 0 Å². The van der Waals surface area contributed by atoms with Gasteiger partial charge in [-0.3, -0.25) is 9.69 Å². The Hall–Kier alpha value is -1.64. The molecular weight excluding hydrogens is 383 g/mol. The molecule has 1 aromatic heterocycles. The van der Waals surface area contributed by atoms with Crippen molar-refractivity contribution in [2.45, 2.75) is 26.4 Å². The van der Waals surface area contributed by atoms with Crippen LogP contribution in [0.25, 0.3) is 0 Å². The monoisotopic (exact) mass is 398 g/mol. The second-order valence-electron chi connectivity index (χ2n) is 5.10. The fourth-order valence-electron chi connectivity index (χ4n) is 2.31. The minimum Gasteiger partial charge on any atom is -0.482 e. The number of carbonyl (C=O) groups excluding carboxylic acids is 1. The Morgan fingerprint density at radius 3 is 3.00 bits per heavy atom. The molecule has 7 heteroatoms. The molecule has 0 spiro atoms. The van der Waals surface area contributed by atoms with Crippen molar-refractivity contribution in [2.75, 3.05) is 11.5 Å². The third-order valence-electron chi connectivity index (χ3n) is 3.30. The Morgan fingerprint density at radius 1 is 1.43 bits per heavy atom. The Balaban J connectivity index is 1.97. The topological polar surface area (TPSA) is 60.2 Å². The van der Waals surface area contributed by atoms with Gasteiger partial charge in [0.2, 0.25) is 0 Å². The van der Waals surface area contributed by atoms with E-state index in [4.69, 9.17) is 4.74 Å². The molecule has 0 unspecified atom stereocenters. The van der Waals surface area contributed by atoms with Crippen molar-refractivity contribution in [1.29, 1.82) is 0 Å². The molecule has 1 aliphatic rings. The zero-order valence-corrected chi connectivity index (χ0v) is 13.9. The molecule has 0 fully saturated rings. The van der Waals surface area contributed by atoms with Gasteiger partial charge in [0.1, 0.15) is 17.9 Å². The summed E-state index contributed by atoms with van der Waals surface area (Å²) in [6, 6.07) is 6.01. The van der Waals surface area contributed by atoms with Crippen molar-refractivity contribution in [3.05, 3.63) is 33.9 Å². The lowest BCUT2D eigenvalue weighted by molar-refractivity contribution is -0.121. The van der Waals surface area contributed by atoms with Crippen LogP contribution >= 0.6 is 22.6 Å². The number of ether oxygens (including phenoxy) is 1. The van der Waals surface area contributed by atoms with Crippen LogP contribution < -0.4 is 9.64 Å². The summed E-state index contributed by atoms with van der Waals surface area (Å²) in [5, 5.41) is 4.21. The summed E-state index contributed by atoms with van der Waals surface area (Å²) < 4.78 is 8.37. The van der Waals surface area contributed by atoms with Crippen LogP contribution in [0.3, 0.4) is 0 Å². The number of amides is 1. The fraction of sp³-hybridized carbons (Fsp3) is 0.357. The lowest BCUT2D eigenvalue weighted by Gasteiger charge is -2.29. The molecular formula is C14H15IN4O2. The second-order valence-corrected chi connectivity index (χ2v) is 6.34. The second kappa shape index (κ2) is 5.63. The smallest absolute Gasteiger partial charge is 0.265 e. The van der Waals surface area contributed by atoms with Crippen LogP contribution in [0, 0.1) is 3.57 Å². The summed E-state index contributed by atoms with van der Waals surface area (Å²) in [6.45, 7) is 4.53. The molecule has 0 radical (unpaired) electrons. The molecule has 110 valence electrons. The SMILES string of the molecule is CC(C)n1ncnc1CN1C(=O)COc2ccc(I)cc21. The van der Waals surface area contributed by atoms with E-state index in [2.05, 4.69) is 32.7 Å². The van der Waals surface area contributed by atoms with Crippen LogP contribution in [-0.4, -0.2) is 27.3 Å². The Kier molecular flexibility index (Phi) is 3.83. The molecule has 0 aliphatic carbocycles. The summed E-state index contributed by atoms with van der Waals surface area (Å²) in [5.41, 5.74) is 0.788. The van der Waals surface area contributed by atoms with E-state index in [1.807, 2.05) is 36.7 Å². The largest absolute Gasteiger partial charge is 0.482 e. The van der Waals surface area contributed by atoms with E-state index in [1.54, 1.807) is 4.90 Å². The predicted octanol–water partition coefficient (Wildman–Crippen LogP) is 2.39. The van der Waals surface area contributed by atoms with E-state index in [9.17, 15) is 4.79 Å². The van der Waals surface area contributed by atoms with Gasteiger partial charge in [-0.15, -0.1) is 0 Å². The highest BCUT2D eigenvalue weighted by Crippen LogP contribution is 2.34. The van der Waals surface area contributed by atoms with Crippen molar-refractivity contribution in [2.24, 2.45) is 0 Å². The van der Waals surface area contributed by atoms with Gasteiger partial charge in [0.25, 0.3) is 5.91 Å². The highest BCUT2D eigenvalue weighted by atomic mass is 127. The number of hydrogen-bond acceptors (Lipinski definition) is 4. The third-order valence-corrected chi connectivity index (χ3v) is 3.97. The molecule has 1 amide bonds. The first-order chi connectivity index (χ1) is 10.1. The molecule has 1 aliphatic heterocycles. The van der Waals surface area contributed by atoms with E-state index in [0.717, 1.165) is 20.8 Å². The molecule has 0 bridgehead atoms. The van der Waals surface area contributed by atoms with Gasteiger partial charge in [0.05, 0.1) is 12.2 Å². The number of rotatable bonds is 3. The highest BCUT2D eigenvalue weighted by molar-refractivity contribution is 14.1. The first-order valence-corrected chi connectivity index (χ1v) is 7.75. The van der Waals surface area contributed by atoms with E-state index in [1.165, 1.54) is 6.33 Å². The average Bonchev–Trinajstić information content (AvgIpc) is 2.90. The van der Waals surface area contributed by atoms with E-state index < -0.39 is 0 Å². The van der Waals surface area contributed by atoms with Gasteiger partial charge >= 0.3 is 0 Å². The summed E-state index contributed by atoms with van der Waals surface area (Å²) in [4.78, 5) is 18.2. The lowest BCUT2D eigenvalue weighted by Crippen LogP contribution is -2.39. The molecule has 6 nitrogen and oxygen atoms in total. The quantitative estimate of drug-likeness (QED) is 0.746. The number of fused-ring (bicyclic) bond motifs is 1. The number of carbonyl (C=O) groups is 1. The number of halogens is 1. The molecule has 0 N–H and O–H groups in total. The first kappa shape index (κ1) is 14.3. The van der Waals surface area contributed by atoms with Gasteiger partial charge in [-0.2, -0.15) is 5.10 Å². The molecule has 2 aromatic rings. The maximum absolute atomic E-state index is 12.2. The molecule has 0 saturated heterocycles. The van der Waals surface area contributed by atoms with Gasteiger partial charge in [0, 0.05) is 9.61 Å². The van der Waals surface area contributed by atoms with Crippen LogP contribution in [0.1, 0.15) is 25.7 Å². The Labute approximate surface area is 136 Å². The van der Waals surface area contributed by atoms with Gasteiger partial charge in [0.15, 0.2) is 6.61 Å². The van der Waals surface area contributed by atoms with Crippen molar-refractivity contribution in [1.82, 2.24) is 14.8 Å². The van der Waals surface area contributed by atoms with Crippen LogP contribution in [0.15, 0.2) is 24.5 Å². The Morgan fingerprint density at radius 2 is 2.24 bits per heavy atom. The van der Waals surface area contributed by atoms with Crippen molar-refractivity contribution in [3.63, 3.8) is 0 Å². The van der Waals surface area contributed by atoms with Crippen LogP contribution in [0.4, 0.5) is 5.69 Å². The van der Waals surface area contributed by atoms with Gasteiger partial charge < -0.3 is 4.74 Å². The zero-order valence-electron chi connectivity index (χ0n) is 11.8. The number of anilines is 1. The van der Waals surface area contributed by atoms with Gasteiger partial charge in [-0.25, -0.2) is 9.67 Å².